The summed E-state index contributed by atoms with van der Waals surface area (Å²) >= 11 is 0. The Morgan fingerprint density at radius 1 is 1.00 bits per heavy atom. The Balaban J connectivity index is 4.02. The largest absolute Gasteiger partial charge is 0.480 e. The van der Waals surface area contributed by atoms with Gasteiger partial charge in [0.1, 0.15) is 6.04 Å². The first-order valence-corrected chi connectivity index (χ1v) is 7.01. The summed E-state index contributed by atoms with van der Waals surface area (Å²) in [6, 6.07) is -0.867. The SMILES string of the molecule is CC(C)CC(=O)NCCC(=O)NC(CC(C)C)C(=O)O. The molecule has 6 nitrogen and oxygen atoms in total. The lowest BCUT2D eigenvalue weighted by molar-refractivity contribution is -0.142. The second-order valence-electron chi connectivity index (χ2n) is 5.79. The number of amides is 2. The molecule has 6 heteroatoms. The Morgan fingerprint density at radius 2 is 1.60 bits per heavy atom. The zero-order valence-corrected chi connectivity index (χ0v) is 12.7. The van der Waals surface area contributed by atoms with E-state index < -0.39 is 12.0 Å². The Bertz CT molecular complexity index is 340. The highest BCUT2D eigenvalue weighted by Gasteiger charge is 2.20. The second kappa shape index (κ2) is 9.34. The van der Waals surface area contributed by atoms with Crippen molar-refractivity contribution in [2.24, 2.45) is 11.8 Å². The maximum absolute atomic E-state index is 11.6. The monoisotopic (exact) mass is 286 g/mol. The van der Waals surface area contributed by atoms with Crippen molar-refractivity contribution in [1.29, 1.82) is 0 Å². The van der Waals surface area contributed by atoms with Gasteiger partial charge < -0.3 is 15.7 Å². The van der Waals surface area contributed by atoms with Crippen LogP contribution in [0.5, 0.6) is 0 Å². The molecule has 0 radical (unpaired) electrons. The molecule has 20 heavy (non-hydrogen) atoms. The van der Waals surface area contributed by atoms with Crippen molar-refractivity contribution >= 4 is 17.8 Å². The van der Waals surface area contributed by atoms with Crippen LogP contribution in [0, 0.1) is 11.8 Å². The van der Waals surface area contributed by atoms with E-state index in [1.165, 1.54) is 0 Å². The predicted octanol–water partition coefficient (Wildman–Crippen LogP) is 1.15. The molecule has 0 fully saturated rings. The van der Waals surface area contributed by atoms with Crippen molar-refractivity contribution in [3.05, 3.63) is 0 Å². The van der Waals surface area contributed by atoms with Gasteiger partial charge in [-0.05, 0) is 18.3 Å². The highest BCUT2D eigenvalue weighted by Crippen LogP contribution is 2.05. The summed E-state index contributed by atoms with van der Waals surface area (Å²) in [6.07, 6.45) is 0.902. The van der Waals surface area contributed by atoms with Crippen molar-refractivity contribution in [2.75, 3.05) is 6.54 Å². The quantitative estimate of drug-likeness (QED) is 0.592. The molecule has 0 aliphatic rings. The van der Waals surface area contributed by atoms with Crippen LogP contribution in [-0.4, -0.2) is 35.5 Å². The van der Waals surface area contributed by atoms with Gasteiger partial charge in [0.05, 0.1) is 0 Å². The molecule has 1 atom stereocenters. The summed E-state index contributed by atoms with van der Waals surface area (Å²) in [6.45, 7) is 7.90. The molecule has 2 amide bonds. The molecule has 1 unspecified atom stereocenters. The Labute approximate surface area is 120 Å². The molecule has 116 valence electrons. The zero-order chi connectivity index (χ0) is 15.7. The van der Waals surface area contributed by atoms with Crippen molar-refractivity contribution in [2.45, 2.75) is 53.0 Å². The van der Waals surface area contributed by atoms with Crippen molar-refractivity contribution in [1.82, 2.24) is 10.6 Å². The first-order valence-electron chi connectivity index (χ1n) is 7.01. The number of hydrogen-bond acceptors (Lipinski definition) is 3. The molecule has 0 bridgehead atoms. The minimum absolute atomic E-state index is 0.0890. The molecule has 0 aromatic rings. The fourth-order valence-corrected chi connectivity index (χ4v) is 1.72. The summed E-state index contributed by atoms with van der Waals surface area (Å²) in [7, 11) is 0. The Hall–Kier alpha value is -1.59. The van der Waals surface area contributed by atoms with E-state index in [-0.39, 0.29) is 36.6 Å². The minimum Gasteiger partial charge on any atom is -0.480 e. The fraction of sp³-hybridized carbons (Fsp3) is 0.786. The molecular formula is C14H26N2O4. The standard InChI is InChI=1S/C14H26N2O4/c1-9(2)7-11(14(19)20)16-12(17)5-6-15-13(18)8-10(3)4/h9-11H,5-8H2,1-4H3,(H,15,18)(H,16,17)(H,19,20). The van der Waals surface area contributed by atoms with E-state index >= 15 is 0 Å². The lowest BCUT2D eigenvalue weighted by atomic mass is 10.0. The molecule has 0 spiro atoms. The number of carboxylic acids is 1. The molecule has 0 saturated heterocycles. The third-order valence-corrected chi connectivity index (χ3v) is 2.61. The van der Waals surface area contributed by atoms with Crippen LogP contribution in [0.15, 0.2) is 0 Å². The number of rotatable bonds is 9. The van der Waals surface area contributed by atoms with E-state index in [1.807, 2.05) is 27.7 Å². The zero-order valence-electron chi connectivity index (χ0n) is 12.7. The van der Waals surface area contributed by atoms with Gasteiger partial charge in [-0.25, -0.2) is 4.79 Å². The molecule has 3 N–H and O–H groups in total. The molecule has 0 aromatic heterocycles. The van der Waals surface area contributed by atoms with Gasteiger partial charge >= 0.3 is 5.97 Å². The van der Waals surface area contributed by atoms with Crippen LogP contribution in [-0.2, 0) is 14.4 Å². The summed E-state index contributed by atoms with van der Waals surface area (Å²) in [5.41, 5.74) is 0. The van der Waals surface area contributed by atoms with Gasteiger partial charge in [0.2, 0.25) is 11.8 Å². The average molecular weight is 286 g/mol. The van der Waals surface area contributed by atoms with E-state index in [4.69, 9.17) is 5.11 Å². The molecule has 0 rings (SSSR count). The van der Waals surface area contributed by atoms with Crippen molar-refractivity contribution in [3.8, 4) is 0 Å². The smallest absolute Gasteiger partial charge is 0.326 e. The molecule has 0 heterocycles. The molecule has 0 saturated carbocycles. The van der Waals surface area contributed by atoms with Crippen LogP contribution in [0.2, 0.25) is 0 Å². The van der Waals surface area contributed by atoms with Gasteiger partial charge in [-0.3, -0.25) is 9.59 Å². The van der Waals surface area contributed by atoms with Gasteiger partial charge in [0, 0.05) is 19.4 Å². The van der Waals surface area contributed by atoms with Crippen LogP contribution >= 0.6 is 0 Å². The topological polar surface area (TPSA) is 95.5 Å². The van der Waals surface area contributed by atoms with E-state index in [1.54, 1.807) is 0 Å². The Kier molecular flexibility index (Phi) is 8.59. The highest BCUT2D eigenvalue weighted by molar-refractivity contribution is 5.84. The van der Waals surface area contributed by atoms with Crippen molar-refractivity contribution in [3.63, 3.8) is 0 Å². The first kappa shape index (κ1) is 18.4. The lowest BCUT2D eigenvalue weighted by Crippen LogP contribution is -2.42. The predicted molar refractivity (Wildman–Crippen MR) is 76.1 cm³/mol. The maximum atomic E-state index is 11.6. The minimum atomic E-state index is -1.03. The second-order valence-corrected chi connectivity index (χ2v) is 5.79. The number of nitrogens with one attached hydrogen (secondary N) is 2. The number of carbonyl (C=O) groups is 3. The third kappa shape index (κ3) is 9.35. The summed E-state index contributed by atoms with van der Waals surface area (Å²) in [5.74, 6) is -1.03. The van der Waals surface area contributed by atoms with Gasteiger partial charge in [-0.1, -0.05) is 27.7 Å². The number of carboxylic acid groups (broad SMARTS) is 1. The van der Waals surface area contributed by atoms with Crippen LogP contribution < -0.4 is 10.6 Å². The molecular weight excluding hydrogens is 260 g/mol. The molecule has 0 aromatic carbocycles. The average Bonchev–Trinajstić information content (AvgIpc) is 2.26. The number of carbonyl (C=O) groups excluding carboxylic acids is 2. The number of aliphatic carboxylic acids is 1. The Morgan fingerprint density at radius 3 is 2.05 bits per heavy atom. The highest BCUT2D eigenvalue weighted by atomic mass is 16.4. The van der Waals surface area contributed by atoms with Crippen molar-refractivity contribution < 1.29 is 19.5 Å². The van der Waals surface area contributed by atoms with Crippen LogP contribution in [0.25, 0.3) is 0 Å². The van der Waals surface area contributed by atoms with Gasteiger partial charge in [0.25, 0.3) is 0 Å². The van der Waals surface area contributed by atoms with E-state index in [9.17, 15) is 14.4 Å². The molecule has 0 aliphatic carbocycles. The van der Waals surface area contributed by atoms with E-state index in [2.05, 4.69) is 10.6 Å². The van der Waals surface area contributed by atoms with Crippen LogP contribution in [0.3, 0.4) is 0 Å². The lowest BCUT2D eigenvalue weighted by Gasteiger charge is -2.16. The van der Waals surface area contributed by atoms with Crippen LogP contribution in [0.1, 0.15) is 47.0 Å². The summed E-state index contributed by atoms with van der Waals surface area (Å²) in [5, 5.41) is 14.1. The van der Waals surface area contributed by atoms with E-state index in [0.29, 0.717) is 12.8 Å². The fourth-order valence-electron chi connectivity index (χ4n) is 1.72. The van der Waals surface area contributed by atoms with E-state index in [0.717, 1.165) is 0 Å². The molecule has 0 aliphatic heterocycles. The summed E-state index contributed by atoms with van der Waals surface area (Å²) < 4.78 is 0. The van der Waals surface area contributed by atoms with Crippen LogP contribution in [0.4, 0.5) is 0 Å². The van der Waals surface area contributed by atoms with Gasteiger partial charge in [-0.15, -0.1) is 0 Å². The van der Waals surface area contributed by atoms with Gasteiger partial charge in [0.15, 0.2) is 0 Å². The summed E-state index contributed by atoms with van der Waals surface area (Å²) in [4.78, 5) is 34.0. The number of hydrogen-bond donors (Lipinski definition) is 3. The normalized spacial score (nSPS) is 12.3. The van der Waals surface area contributed by atoms with Gasteiger partial charge in [-0.2, -0.15) is 0 Å². The third-order valence-electron chi connectivity index (χ3n) is 2.61. The first-order chi connectivity index (χ1) is 9.22. The maximum Gasteiger partial charge on any atom is 0.326 e.